The molecule has 9 aromatic rings. The predicted octanol–water partition coefficient (Wildman–Crippen LogP) is 2.86. The van der Waals surface area contributed by atoms with E-state index < -0.39 is 254 Å². The lowest BCUT2D eigenvalue weighted by molar-refractivity contribution is 0.329. The summed E-state index contributed by atoms with van der Waals surface area (Å²) in [5, 5.41) is 296. The maximum Gasteiger partial charge on any atom is 0.208 e. The first-order chi connectivity index (χ1) is 36.3. The Labute approximate surface area is 431 Å². The second kappa shape index (κ2) is 16.7. The van der Waals surface area contributed by atoms with E-state index in [-0.39, 0.29) is 11.3 Å². The van der Waals surface area contributed by atoms with Crippen molar-refractivity contribution in [2.45, 2.75) is 6.92 Å². The number of aromatic hydroxyl groups is 27. The van der Waals surface area contributed by atoms with E-state index in [2.05, 4.69) is 15.0 Å². The van der Waals surface area contributed by atoms with Gasteiger partial charge in [-0.15, -0.1) is 11.3 Å². The summed E-state index contributed by atoms with van der Waals surface area (Å²) in [4.78, 5) is 11.5. The topological polar surface area (TPSA) is 585 Å². The Morgan fingerprint density at radius 1 is 0.231 bits per heavy atom. The van der Waals surface area contributed by atoms with Gasteiger partial charge in [-0.3, -0.25) is 0 Å². The lowest BCUT2D eigenvalue weighted by atomic mass is 9.87. The highest BCUT2D eigenvalue weighted by Crippen LogP contribution is 2.68. The minimum Gasteiger partial charge on any atom is -0.505 e. The third kappa shape index (κ3) is 6.45. The quantitative estimate of drug-likeness (QED) is 0.0646. The van der Waals surface area contributed by atoms with Crippen LogP contribution >= 0.6 is 11.3 Å². The van der Waals surface area contributed by atoms with Gasteiger partial charge < -0.3 is 138 Å². The number of benzene rings is 7. The van der Waals surface area contributed by atoms with Crippen LogP contribution in [0.2, 0.25) is 0 Å². The molecule has 0 aliphatic heterocycles. The Hall–Kier alpha value is -11.6. The number of hydrogen-bond donors (Lipinski definition) is 27. The van der Waals surface area contributed by atoms with Crippen molar-refractivity contribution in [1.29, 1.82) is 0 Å². The third-order valence-corrected chi connectivity index (χ3v) is 13.9. The first-order valence-corrected chi connectivity index (χ1v) is 21.9. The molecule has 32 heteroatoms. The van der Waals surface area contributed by atoms with E-state index in [1.807, 2.05) is 0 Å². The molecule has 402 valence electrons. The minimum absolute atomic E-state index is 0.0530. The van der Waals surface area contributed by atoms with Gasteiger partial charge in [0.1, 0.15) is 24.5 Å². The SMILES string of the molecule is Bc1c(O)c(O)c(-c2c(O)c(O)c(-c3c(O)c(O)c(O)c4c3sc3c(-c5c(O)c(O)c(-c6nc(-c7c(O)c(O)c(C)c(O)c7O)nc(-c7c(O)c(O)c(O)c(O)c7O)n6)c(O)c5O)c(O)c(O)c(O)c34)c(O)c2O)c(O)c1O. The minimum atomic E-state index is -1.71. The molecule has 7 aromatic carbocycles. The fraction of sp³-hybridized carbons (Fsp3) is 0.0217. The van der Waals surface area contributed by atoms with Gasteiger partial charge in [0.25, 0.3) is 0 Å². The highest BCUT2D eigenvalue weighted by molar-refractivity contribution is 7.27. The van der Waals surface area contributed by atoms with Gasteiger partial charge in [-0.05, 0) is 6.92 Å². The van der Waals surface area contributed by atoms with Crippen LogP contribution < -0.4 is 5.46 Å². The maximum absolute atomic E-state index is 11.8. The van der Waals surface area contributed by atoms with Gasteiger partial charge in [-0.25, -0.2) is 15.0 Å². The summed E-state index contributed by atoms with van der Waals surface area (Å²) in [5.41, 5.74) is -12.3. The van der Waals surface area contributed by atoms with Gasteiger partial charge in [-0.2, -0.15) is 0 Å². The van der Waals surface area contributed by atoms with E-state index in [1.54, 1.807) is 0 Å². The highest BCUT2D eigenvalue weighted by Gasteiger charge is 2.39. The summed E-state index contributed by atoms with van der Waals surface area (Å²) in [6.07, 6.45) is 0. The van der Waals surface area contributed by atoms with Crippen molar-refractivity contribution in [3.05, 3.63) is 5.56 Å². The number of phenolic OH excluding ortho intramolecular Hbond substituents is 27. The molecule has 9 rings (SSSR count). The maximum atomic E-state index is 11.8. The molecule has 0 atom stereocenters. The summed E-state index contributed by atoms with van der Waals surface area (Å²) in [5.74, 6) is -43.9. The molecule has 0 saturated heterocycles. The van der Waals surface area contributed by atoms with E-state index in [0.717, 1.165) is 14.8 Å². The Morgan fingerprint density at radius 3 is 0.718 bits per heavy atom. The molecule has 78 heavy (non-hydrogen) atoms. The first kappa shape index (κ1) is 51.3. The zero-order valence-electron chi connectivity index (χ0n) is 38.3. The van der Waals surface area contributed by atoms with Crippen LogP contribution in [0.1, 0.15) is 5.56 Å². The zero-order chi connectivity index (χ0) is 57.8. The molecular formula is C46H32BN3O27S. The molecule has 0 bridgehead atoms. The number of aromatic nitrogens is 3. The van der Waals surface area contributed by atoms with E-state index in [1.165, 1.54) is 0 Å². The first-order valence-electron chi connectivity index (χ1n) is 21.0. The van der Waals surface area contributed by atoms with Gasteiger partial charge in [0.2, 0.25) is 28.7 Å². The molecule has 30 nitrogen and oxygen atoms in total. The Balaban J connectivity index is 1.36. The fourth-order valence-electron chi connectivity index (χ4n) is 8.62. The summed E-state index contributed by atoms with van der Waals surface area (Å²) in [7, 11) is 1.01. The third-order valence-electron chi connectivity index (χ3n) is 12.7. The van der Waals surface area contributed by atoms with Crippen LogP contribution in [0.25, 0.3) is 87.7 Å². The number of thiophene rings is 1. The average Bonchev–Trinajstić information content (AvgIpc) is 3.87. The normalized spacial score (nSPS) is 11.6. The highest BCUT2D eigenvalue weighted by atomic mass is 32.1. The van der Waals surface area contributed by atoms with E-state index in [0.29, 0.717) is 0 Å². The lowest BCUT2D eigenvalue weighted by Crippen LogP contribution is -2.05. The average molecular weight is 1100 g/mol. The number of fused-ring (bicyclic) bond motifs is 3. The summed E-state index contributed by atoms with van der Waals surface area (Å²) < 4.78 is -1.66. The van der Waals surface area contributed by atoms with Gasteiger partial charge in [0.05, 0.1) is 53.6 Å². The van der Waals surface area contributed by atoms with E-state index in [9.17, 15) is 138 Å². The molecule has 0 spiro atoms. The molecule has 0 radical (unpaired) electrons. The lowest BCUT2D eigenvalue weighted by Gasteiger charge is -2.20. The number of rotatable bonds is 6. The summed E-state index contributed by atoms with van der Waals surface area (Å²) >= 11 is 0.0530. The van der Waals surface area contributed by atoms with E-state index >= 15 is 0 Å². The largest absolute Gasteiger partial charge is 0.505 e. The molecule has 0 fully saturated rings. The molecule has 0 amide bonds. The molecule has 2 aromatic heterocycles. The van der Waals surface area contributed by atoms with Crippen LogP contribution in [0, 0.1) is 6.92 Å². The predicted molar refractivity (Wildman–Crippen MR) is 263 cm³/mol. The van der Waals surface area contributed by atoms with Crippen LogP contribution in [-0.2, 0) is 0 Å². The molecule has 0 saturated carbocycles. The van der Waals surface area contributed by atoms with Crippen molar-refractivity contribution in [3.8, 4) is 223 Å². The van der Waals surface area contributed by atoms with Crippen LogP contribution in [0.5, 0.6) is 155 Å². The smallest absolute Gasteiger partial charge is 0.208 e. The van der Waals surface area contributed by atoms with Gasteiger partial charge in [0, 0.05) is 11.0 Å². The van der Waals surface area contributed by atoms with Crippen LogP contribution in [0.3, 0.4) is 0 Å². The van der Waals surface area contributed by atoms with Crippen molar-refractivity contribution < 1.29 is 138 Å². The summed E-state index contributed by atoms with van der Waals surface area (Å²) in [6, 6.07) is 0. The van der Waals surface area contributed by atoms with Crippen LogP contribution in [-0.4, -0.2) is 161 Å². The Morgan fingerprint density at radius 2 is 0.423 bits per heavy atom. The van der Waals surface area contributed by atoms with Gasteiger partial charge >= 0.3 is 0 Å². The van der Waals surface area contributed by atoms with Crippen molar-refractivity contribution in [3.63, 3.8) is 0 Å². The van der Waals surface area contributed by atoms with Crippen LogP contribution in [0.4, 0.5) is 0 Å². The molecule has 0 aliphatic rings. The van der Waals surface area contributed by atoms with Crippen LogP contribution in [0.15, 0.2) is 0 Å². The molecule has 0 unspecified atom stereocenters. The second-order valence-corrected chi connectivity index (χ2v) is 17.9. The van der Waals surface area contributed by atoms with Crippen molar-refractivity contribution in [2.24, 2.45) is 0 Å². The molecule has 2 heterocycles. The van der Waals surface area contributed by atoms with Gasteiger partial charge in [-0.1, -0.05) is 0 Å². The number of hydrogen-bond acceptors (Lipinski definition) is 31. The summed E-state index contributed by atoms with van der Waals surface area (Å²) in [6.45, 7) is 1.01. The molecular weight excluding hydrogens is 1070 g/mol. The Bertz CT molecular complexity index is 4040. The molecule has 27 N–H and O–H groups in total. The molecule has 0 aliphatic carbocycles. The monoisotopic (exact) mass is 1100 g/mol. The number of phenols is 27. The standard InChI is InChI=1S/C46H32BN3O27S/c1-2-15(51)29(65)11(30(66)16(2)52)44-48-45(50-46(49-44)13-33(69)39(75)41(77)40(76)34(13)70)12-31(67)21(57)6(22(58)32(12)68)8-26(62)38(74)28(64)10-9-27(63)37(73)25(61)7(42(9)78-43(8)10)5-19(55)17(53)3(18(54)20(5)56)4-23(59)35(71)14(47)36(72)24(4)60/h51-77H,47H2,1H3. The number of nitrogens with zero attached hydrogens (tertiary/aromatic N) is 3. The zero-order valence-corrected chi connectivity index (χ0v) is 39.1. The van der Waals surface area contributed by atoms with Crippen molar-refractivity contribution in [2.75, 3.05) is 0 Å². The van der Waals surface area contributed by atoms with Crippen molar-refractivity contribution >= 4 is 44.8 Å². The Kier molecular flexibility index (Phi) is 11.0. The second-order valence-electron chi connectivity index (χ2n) is 16.9. The fourth-order valence-corrected chi connectivity index (χ4v) is 10.0. The van der Waals surface area contributed by atoms with Gasteiger partial charge in [0.15, 0.2) is 144 Å². The van der Waals surface area contributed by atoms with E-state index in [4.69, 9.17) is 0 Å². The van der Waals surface area contributed by atoms with Crippen molar-refractivity contribution in [1.82, 2.24) is 15.0 Å².